The van der Waals surface area contributed by atoms with Crippen molar-refractivity contribution in [3.8, 4) is 5.69 Å². The molecular formula is C25H22F2N6O. The Morgan fingerprint density at radius 1 is 1.12 bits per heavy atom. The van der Waals surface area contributed by atoms with Crippen molar-refractivity contribution >= 4 is 22.8 Å². The molecule has 172 valence electrons. The van der Waals surface area contributed by atoms with Crippen molar-refractivity contribution in [3.05, 3.63) is 77.8 Å². The number of amides is 1. The van der Waals surface area contributed by atoms with Gasteiger partial charge in [0.15, 0.2) is 0 Å². The van der Waals surface area contributed by atoms with Crippen LogP contribution in [0.15, 0.2) is 55.0 Å². The summed E-state index contributed by atoms with van der Waals surface area (Å²) in [7, 11) is 0. The van der Waals surface area contributed by atoms with Gasteiger partial charge in [0.05, 0.1) is 29.0 Å². The van der Waals surface area contributed by atoms with E-state index in [1.54, 1.807) is 54.7 Å². The van der Waals surface area contributed by atoms with E-state index in [-0.39, 0.29) is 23.3 Å². The Balaban J connectivity index is 1.28. The molecule has 2 atom stereocenters. The molecule has 6 rings (SSSR count). The van der Waals surface area contributed by atoms with E-state index < -0.39 is 5.82 Å². The first-order valence-electron chi connectivity index (χ1n) is 11.3. The van der Waals surface area contributed by atoms with Gasteiger partial charge in [-0.25, -0.2) is 18.4 Å². The lowest BCUT2D eigenvalue weighted by atomic mass is 9.81. The smallest absolute Gasteiger partial charge is 0.259 e. The van der Waals surface area contributed by atoms with Crippen LogP contribution in [-0.2, 0) is 0 Å². The third-order valence-electron chi connectivity index (χ3n) is 6.91. The molecule has 0 spiro atoms. The number of likely N-dealkylation sites (tertiary alicyclic amines) is 1. The zero-order valence-corrected chi connectivity index (χ0v) is 18.5. The van der Waals surface area contributed by atoms with Crippen molar-refractivity contribution in [1.82, 2.24) is 24.6 Å². The summed E-state index contributed by atoms with van der Waals surface area (Å²) in [6.07, 6.45) is 5.85. The Kier molecular flexibility index (Phi) is 4.79. The Morgan fingerprint density at radius 2 is 2.00 bits per heavy atom. The molecule has 2 saturated heterocycles. The normalized spacial score (nSPS) is 19.7. The first kappa shape index (κ1) is 20.7. The fourth-order valence-corrected chi connectivity index (χ4v) is 4.98. The Morgan fingerprint density at radius 3 is 2.82 bits per heavy atom. The minimum atomic E-state index is -0.512. The molecule has 4 aromatic rings. The van der Waals surface area contributed by atoms with Crippen molar-refractivity contribution in [1.29, 1.82) is 0 Å². The van der Waals surface area contributed by atoms with E-state index in [1.165, 1.54) is 16.8 Å². The summed E-state index contributed by atoms with van der Waals surface area (Å²) in [6, 6.07) is 9.43. The average Bonchev–Trinajstić information content (AvgIpc) is 3.36. The molecular weight excluding hydrogens is 438 g/mol. The predicted molar refractivity (Wildman–Crippen MR) is 123 cm³/mol. The molecule has 1 amide bonds. The lowest BCUT2D eigenvalue weighted by Gasteiger charge is -2.53. The Hall–Kier alpha value is -3.88. The van der Waals surface area contributed by atoms with Gasteiger partial charge < -0.3 is 9.80 Å². The van der Waals surface area contributed by atoms with Crippen LogP contribution in [-0.4, -0.2) is 56.2 Å². The number of piperidine rings is 1. The highest BCUT2D eigenvalue weighted by molar-refractivity contribution is 5.99. The third kappa shape index (κ3) is 3.30. The minimum absolute atomic E-state index is 0.0441. The van der Waals surface area contributed by atoms with Gasteiger partial charge in [0.1, 0.15) is 23.0 Å². The van der Waals surface area contributed by atoms with Crippen LogP contribution in [0, 0.1) is 24.5 Å². The summed E-state index contributed by atoms with van der Waals surface area (Å²) in [4.78, 5) is 26.4. The summed E-state index contributed by atoms with van der Waals surface area (Å²) in [5.74, 6) is -0.131. The van der Waals surface area contributed by atoms with Gasteiger partial charge in [-0.15, -0.1) is 0 Å². The first-order chi connectivity index (χ1) is 16.5. The van der Waals surface area contributed by atoms with Crippen molar-refractivity contribution in [2.45, 2.75) is 19.4 Å². The lowest BCUT2D eigenvalue weighted by Crippen LogP contribution is -2.66. The van der Waals surface area contributed by atoms with Crippen molar-refractivity contribution < 1.29 is 13.6 Å². The number of carbonyl (C=O) groups is 1. The molecule has 34 heavy (non-hydrogen) atoms. The van der Waals surface area contributed by atoms with E-state index in [1.807, 2.05) is 0 Å². The molecule has 2 aromatic heterocycles. The van der Waals surface area contributed by atoms with Gasteiger partial charge in [0.2, 0.25) is 0 Å². The number of hydrogen-bond donors (Lipinski definition) is 0. The number of rotatable bonds is 3. The first-order valence-corrected chi connectivity index (χ1v) is 11.3. The second kappa shape index (κ2) is 7.86. The summed E-state index contributed by atoms with van der Waals surface area (Å²) < 4.78 is 30.2. The third-order valence-corrected chi connectivity index (χ3v) is 6.91. The van der Waals surface area contributed by atoms with E-state index >= 15 is 4.39 Å². The van der Waals surface area contributed by atoms with Gasteiger partial charge >= 0.3 is 0 Å². The van der Waals surface area contributed by atoms with Gasteiger partial charge in [-0.1, -0.05) is 6.07 Å². The van der Waals surface area contributed by atoms with Gasteiger partial charge in [-0.05, 0) is 43.2 Å². The zero-order chi connectivity index (χ0) is 23.4. The second-order valence-corrected chi connectivity index (χ2v) is 8.92. The van der Waals surface area contributed by atoms with E-state index in [9.17, 15) is 9.18 Å². The van der Waals surface area contributed by atoms with Crippen LogP contribution in [0.3, 0.4) is 0 Å². The monoisotopic (exact) mass is 460 g/mol. The second-order valence-electron chi connectivity index (χ2n) is 8.92. The zero-order valence-electron chi connectivity index (χ0n) is 18.5. The maximum absolute atomic E-state index is 15.2. The van der Waals surface area contributed by atoms with Crippen LogP contribution < -0.4 is 4.90 Å². The molecule has 7 nitrogen and oxygen atoms in total. The van der Waals surface area contributed by atoms with Gasteiger partial charge in [-0.3, -0.25) is 9.78 Å². The fraction of sp³-hybridized carbons (Fsp3) is 0.280. The highest BCUT2D eigenvalue weighted by Gasteiger charge is 2.46. The van der Waals surface area contributed by atoms with Crippen molar-refractivity contribution in [2.75, 3.05) is 24.5 Å². The van der Waals surface area contributed by atoms with Crippen LogP contribution in [0.1, 0.15) is 22.3 Å². The van der Waals surface area contributed by atoms with Crippen LogP contribution in [0.4, 0.5) is 14.6 Å². The number of anilines is 1. The molecule has 2 aliphatic rings. The van der Waals surface area contributed by atoms with Crippen molar-refractivity contribution in [3.63, 3.8) is 0 Å². The molecule has 0 unspecified atom stereocenters. The molecule has 0 saturated carbocycles. The van der Waals surface area contributed by atoms with Crippen LogP contribution in [0.2, 0.25) is 0 Å². The Bertz CT molecular complexity index is 1410. The number of hydrogen-bond acceptors (Lipinski definition) is 5. The van der Waals surface area contributed by atoms with Crippen LogP contribution in [0.5, 0.6) is 0 Å². The highest BCUT2D eigenvalue weighted by Crippen LogP contribution is 2.36. The number of benzene rings is 2. The predicted octanol–water partition coefficient (Wildman–Crippen LogP) is 3.75. The standard InChI is InChI=1S/C25H22F2N6O/c1-15-3-6-20(33-9-2-8-29-33)23(24(15)27)25(34)32-13-16-7-10-31(14-21(16)32)22-12-28-19-11-17(26)4-5-18(19)30-22/h2-6,8-9,11-12,16,21H,7,10,13-14H2,1H3/t16-,21-/m1/s1. The molecule has 0 bridgehead atoms. The minimum Gasteiger partial charge on any atom is -0.353 e. The molecule has 2 aromatic carbocycles. The average molecular weight is 460 g/mol. The molecule has 0 N–H and O–H groups in total. The molecule has 2 fully saturated rings. The van der Waals surface area contributed by atoms with Gasteiger partial charge in [0.25, 0.3) is 5.91 Å². The van der Waals surface area contributed by atoms with E-state index in [2.05, 4.69) is 20.0 Å². The summed E-state index contributed by atoms with van der Waals surface area (Å²) in [5, 5.41) is 4.20. The molecule has 9 heteroatoms. The molecule has 0 aliphatic carbocycles. The lowest BCUT2D eigenvalue weighted by molar-refractivity contribution is 0.00741. The molecule has 4 heterocycles. The topological polar surface area (TPSA) is 67.2 Å². The van der Waals surface area contributed by atoms with Crippen molar-refractivity contribution in [2.24, 2.45) is 5.92 Å². The largest absolute Gasteiger partial charge is 0.353 e. The van der Waals surface area contributed by atoms with E-state index in [0.717, 1.165) is 13.0 Å². The number of fused-ring (bicyclic) bond motifs is 2. The van der Waals surface area contributed by atoms with Gasteiger partial charge in [0, 0.05) is 44.0 Å². The van der Waals surface area contributed by atoms with Gasteiger partial charge in [-0.2, -0.15) is 5.10 Å². The molecule has 2 aliphatic heterocycles. The summed E-state index contributed by atoms with van der Waals surface area (Å²) >= 11 is 0. The van der Waals surface area contributed by atoms with Crippen LogP contribution >= 0.6 is 0 Å². The Labute approximate surface area is 194 Å². The maximum Gasteiger partial charge on any atom is 0.259 e. The number of halogens is 2. The quantitative estimate of drug-likeness (QED) is 0.466. The van der Waals surface area contributed by atoms with Crippen LogP contribution in [0.25, 0.3) is 16.7 Å². The summed E-state index contributed by atoms with van der Waals surface area (Å²) in [5.41, 5.74) is 2.02. The molecule has 0 radical (unpaired) electrons. The van der Waals surface area contributed by atoms with E-state index in [4.69, 9.17) is 0 Å². The van der Waals surface area contributed by atoms with E-state index in [0.29, 0.717) is 47.1 Å². The number of carbonyl (C=O) groups excluding carboxylic acids is 1. The number of aryl methyl sites for hydroxylation is 1. The highest BCUT2D eigenvalue weighted by atomic mass is 19.1. The number of nitrogens with zero attached hydrogens (tertiary/aromatic N) is 6. The number of aromatic nitrogens is 4. The fourth-order valence-electron chi connectivity index (χ4n) is 4.98. The SMILES string of the molecule is Cc1ccc(-n2cccn2)c(C(=O)N2C[C@H]3CCN(c4cnc5cc(F)ccc5n4)C[C@H]32)c1F. The summed E-state index contributed by atoms with van der Waals surface area (Å²) in [6.45, 7) is 3.64. The maximum atomic E-state index is 15.2.